The number of aromatic amines is 1. The van der Waals surface area contributed by atoms with Crippen LogP contribution >= 0.6 is 0 Å². The molecular weight excluding hydrogens is 395 g/mol. The van der Waals surface area contributed by atoms with Crippen LogP contribution in [0.15, 0.2) is 59.4 Å². The number of hydrogen-bond donors (Lipinski definition) is 1. The fraction of sp³-hybridized carbons (Fsp3) is 0.182. The molecule has 0 aliphatic carbocycles. The first kappa shape index (κ1) is 19.8. The van der Waals surface area contributed by atoms with Gasteiger partial charge in [0.15, 0.2) is 0 Å². The van der Waals surface area contributed by atoms with Crippen molar-refractivity contribution in [3.05, 3.63) is 87.3 Å². The second-order valence-corrected chi connectivity index (χ2v) is 7.15. The lowest BCUT2D eigenvalue weighted by Gasteiger charge is -2.39. The summed E-state index contributed by atoms with van der Waals surface area (Å²) in [5, 5.41) is 0. The van der Waals surface area contributed by atoms with E-state index < -0.39 is 17.6 Å². The van der Waals surface area contributed by atoms with E-state index in [2.05, 4.69) is 4.98 Å². The van der Waals surface area contributed by atoms with Crippen molar-refractivity contribution in [2.45, 2.75) is 20.0 Å². The Balaban J connectivity index is 1.92. The van der Waals surface area contributed by atoms with Crippen molar-refractivity contribution in [1.82, 2.24) is 4.98 Å². The number of carbonyl (C=O) groups is 1. The number of rotatable bonds is 2. The number of nitrogens with one attached hydrogen (secondary N) is 1. The summed E-state index contributed by atoms with van der Waals surface area (Å²) in [4.78, 5) is 30.6. The summed E-state index contributed by atoms with van der Waals surface area (Å²) in [5.41, 5.74) is 1.77. The first-order chi connectivity index (χ1) is 14.2. The number of H-pyrrole nitrogens is 1. The van der Waals surface area contributed by atoms with Crippen molar-refractivity contribution in [2.24, 2.45) is 0 Å². The fourth-order valence-corrected chi connectivity index (χ4v) is 3.66. The summed E-state index contributed by atoms with van der Waals surface area (Å²) in [5.74, 6) is -0.432. The molecule has 1 aliphatic heterocycles. The maximum atomic E-state index is 13.3. The van der Waals surface area contributed by atoms with Crippen molar-refractivity contribution >= 4 is 23.0 Å². The molecule has 0 spiro atoms. The van der Waals surface area contributed by atoms with Crippen LogP contribution in [0.25, 0.3) is 0 Å². The number of amides is 1. The van der Waals surface area contributed by atoms with Crippen LogP contribution in [0.4, 0.5) is 30.2 Å². The maximum absolute atomic E-state index is 13.3. The standard InChI is InChI=1S/C22H18F3N3O2/c1-13-5-3-4-6-17(13)27-12-28(18-9-10-20(29)26-14(18)2)21(30)16-8-7-15(11-19(16)27)22(23,24)25/h3-11H,12H2,1-2H3,(H,26,29). The molecule has 2 heterocycles. The number of halogens is 3. The molecule has 0 radical (unpaired) electrons. The molecule has 154 valence electrons. The number of anilines is 3. The van der Waals surface area contributed by atoms with Crippen LogP contribution < -0.4 is 15.4 Å². The molecule has 5 nitrogen and oxygen atoms in total. The number of fused-ring (bicyclic) bond motifs is 1. The van der Waals surface area contributed by atoms with Gasteiger partial charge in [-0.25, -0.2) is 0 Å². The Morgan fingerprint density at radius 3 is 2.27 bits per heavy atom. The molecule has 1 aliphatic rings. The highest BCUT2D eigenvalue weighted by molar-refractivity contribution is 6.12. The summed E-state index contributed by atoms with van der Waals surface area (Å²) < 4.78 is 40.0. The van der Waals surface area contributed by atoms with Crippen LogP contribution in [-0.2, 0) is 6.18 Å². The third kappa shape index (κ3) is 3.34. The Bertz CT molecular complexity index is 1200. The first-order valence-corrected chi connectivity index (χ1v) is 9.23. The molecule has 8 heteroatoms. The molecule has 30 heavy (non-hydrogen) atoms. The number of pyridine rings is 1. The normalized spacial score (nSPS) is 14.1. The van der Waals surface area contributed by atoms with Gasteiger partial charge in [-0.05, 0) is 49.7 Å². The second kappa shape index (κ2) is 7.05. The molecule has 1 aromatic heterocycles. The van der Waals surface area contributed by atoms with E-state index in [1.54, 1.807) is 24.0 Å². The Morgan fingerprint density at radius 1 is 0.867 bits per heavy atom. The Kier molecular flexibility index (Phi) is 4.64. The predicted molar refractivity (Wildman–Crippen MR) is 108 cm³/mol. The number of benzene rings is 2. The van der Waals surface area contributed by atoms with Crippen molar-refractivity contribution in [3.63, 3.8) is 0 Å². The van der Waals surface area contributed by atoms with Crippen molar-refractivity contribution in [3.8, 4) is 0 Å². The highest BCUT2D eigenvalue weighted by atomic mass is 19.4. The molecule has 1 amide bonds. The molecule has 2 aromatic carbocycles. The molecule has 0 saturated carbocycles. The molecule has 0 fully saturated rings. The van der Waals surface area contributed by atoms with E-state index in [0.29, 0.717) is 17.1 Å². The van der Waals surface area contributed by atoms with Crippen molar-refractivity contribution in [1.29, 1.82) is 0 Å². The number of aromatic nitrogens is 1. The third-order valence-electron chi connectivity index (χ3n) is 5.16. The zero-order valence-corrected chi connectivity index (χ0v) is 16.2. The molecular formula is C22H18F3N3O2. The molecule has 4 rings (SSSR count). The zero-order valence-electron chi connectivity index (χ0n) is 16.2. The number of carbonyl (C=O) groups excluding carboxylic acids is 1. The minimum Gasteiger partial charge on any atom is -0.324 e. The SMILES string of the molecule is Cc1ccccc1N1CN(c2ccc(=O)[nH]c2C)C(=O)c2ccc(C(F)(F)F)cc21. The number of para-hydroxylation sites is 1. The lowest BCUT2D eigenvalue weighted by Crippen LogP contribution is -2.45. The smallest absolute Gasteiger partial charge is 0.324 e. The Labute approximate surface area is 170 Å². The van der Waals surface area contributed by atoms with Crippen LogP contribution in [0.2, 0.25) is 0 Å². The zero-order chi connectivity index (χ0) is 21.6. The van der Waals surface area contributed by atoms with Gasteiger partial charge in [0, 0.05) is 17.4 Å². The average Bonchev–Trinajstić information content (AvgIpc) is 2.69. The summed E-state index contributed by atoms with van der Waals surface area (Å²) in [6.45, 7) is 3.53. The van der Waals surface area contributed by atoms with Gasteiger partial charge in [-0.15, -0.1) is 0 Å². The molecule has 0 saturated heterocycles. The second-order valence-electron chi connectivity index (χ2n) is 7.15. The van der Waals surface area contributed by atoms with Gasteiger partial charge in [0.05, 0.1) is 22.5 Å². The monoisotopic (exact) mass is 413 g/mol. The van der Waals surface area contributed by atoms with Crippen molar-refractivity contribution in [2.75, 3.05) is 16.5 Å². The van der Waals surface area contributed by atoms with E-state index in [4.69, 9.17) is 0 Å². The van der Waals surface area contributed by atoms with Gasteiger partial charge < -0.3 is 9.88 Å². The third-order valence-corrected chi connectivity index (χ3v) is 5.16. The maximum Gasteiger partial charge on any atom is 0.416 e. The summed E-state index contributed by atoms with van der Waals surface area (Å²) in [6, 6.07) is 13.3. The summed E-state index contributed by atoms with van der Waals surface area (Å²) in [7, 11) is 0. The molecule has 0 atom stereocenters. The Morgan fingerprint density at radius 2 is 1.60 bits per heavy atom. The van der Waals surface area contributed by atoms with Crippen LogP contribution in [0.3, 0.4) is 0 Å². The largest absolute Gasteiger partial charge is 0.416 e. The lowest BCUT2D eigenvalue weighted by atomic mass is 10.0. The van der Waals surface area contributed by atoms with Gasteiger partial charge in [0.2, 0.25) is 5.56 Å². The molecule has 0 bridgehead atoms. The van der Waals surface area contributed by atoms with Gasteiger partial charge in [-0.3, -0.25) is 14.5 Å². The van der Waals surface area contributed by atoms with E-state index in [9.17, 15) is 22.8 Å². The van der Waals surface area contributed by atoms with E-state index in [0.717, 1.165) is 17.7 Å². The minimum absolute atomic E-state index is 0.00484. The van der Waals surface area contributed by atoms with Crippen LogP contribution in [0.1, 0.15) is 27.2 Å². The average molecular weight is 413 g/mol. The van der Waals surface area contributed by atoms with Gasteiger partial charge in [-0.1, -0.05) is 18.2 Å². The molecule has 0 unspecified atom stereocenters. The van der Waals surface area contributed by atoms with E-state index in [-0.39, 0.29) is 23.5 Å². The number of hydrogen-bond acceptors (Lipinski definition) is 3. The highest BCUT2D eigenvalue weighted by Gasteiger charge is 2.36. The van der Waals surface area contributed by atoms with E-state index >= 15 is 0 Å². The Hall–Kier alpha value is -3.55. The molecule has 3 aromatic rings. The summed E-state index contributed by atoms with van der Waals surface area (Å²) in [6.07, 6.45) is -4.53. The first-order valence-electron chi connectivity index (χ1n) is 9.23. The van der Waals surface area contributed by atoms with Crippen LogP contribution in [0.5, 0.6) is 0 Å². The lowest BCUT2D eigenvalue weighted by molar-refractivity contribution is -0.137. The van der Waals surface area contributed by atoms with Gasteiger partial charge in [-0.2, -0.15) is 13.2 Å². The van der Waals surface area contributed by atoms with E-state index in [1.165, 1.54) is 23.1 Å². The number of nitrogens with zero attached hydrogens (tertiary/aromatic N) is 2. The number of alkyl halides is 3. The highest BCUT2D eigenvalue weighted by Crippen LogP contribution is 2.40. The van der Waals surface area contributed by atoms with Gasteiger partial charge in [0.25, 0.3) is 5.91 Å². The van der Waals surface area contributed by atoms with Crippen molar-refractivity contribution < 1.29 is 18.0 Å². The van der Waals surface area contributed by atoms with E-state index in [1.807, 2.05) is 19.1 Å². The van der Waals surface area contributed by atoms with Gasteiger partial charge in [0.1, 0.15) is 6.67 Å². The van der Waals surface area contributed by atoms with Crippen LogP contribution in [-0.4, -0.2) is 17.6 Å². The summed E-state index contributed by atoms with van der Waals surface area (Å²) >= 11 is 0. The number of aryl methyl sites for hydroxylation is 2. The molecule has 1 N–H and O–H groups in total. The minimum atomic E-state index is -4.53. The quantitative estimate of drug-likeness (QED) is 0.659. The van der Waals surface area contributed by atoms with Gasteiger partial charge >= 0.3 is 6.18 Å². The van der Waals surface area contributed by atoms with Crippen LogP contribution in [0, 0.1) is 13.8 Å². The fourth-order valence-electron chi connectivity index (χ4n) is 3.66. The topological polar surface area (TPSA) is 56.4 Å². The predicted octanol–water partition coefficient (Wildman–Crippen LogP) is 4.77.